The van der Waals surface area contributed by atoms with Crippen molar-refractivity contribution in [3.63, 3.8) is 0 Å². The zero-order valence-corrected chi connectivity index (χ0v) is 15.5. The van der Waals surface area contributed by atoms with Crippen LogP contribution in [-0.2, 0) is 14.3 Å². The van der Waals surface area contributed by atoms with Gasteiger partial charge in [-0.15, -0.1) is 0 Å². The molecule has 0 aromatic heterocycles. The zero-order chi connectivity index (χ0) is 21.2. The van der Waals surface area contributed by atoms with Gasteiger partial charge in [-0.05, 0) is 25.1 Å². The monoisotopic (exact) mass is 395 g/mol. The van der Waals surface area contributed by atoms with E-state index in [2.05, 4.69) is 5.32 Å². The molecule has 0 aliphatic heterocycles. The number of non-ortho nitro benzene ring substituents is 1. The van der Waals surface area contributed by atoms with Gasteiger partial charge in [-0.25, -0.2) is 4.79 Å². The van der Waals surface area contributed by atoms with Gasteiger partial charge in [0.15, 0.2) is 6.61 Å². The molecule has 0 radical (unpaired) electrons. The minimum Gasteiger partial charge on any atom is -0.481 e. The molecule has 2 aromatic rings. The number of nitriles is 1. The molecule has 2 aromatic carbocycles. The summed E-state index contributed by atoms with van der Waals surface area (Å²) in [5, 5.41) is 22.6. The molecular weight excluding hydrogens is 378 g/mol. The average molecular weight is 395 g/mol. The molecule has 1 N–H and O–H groups in total. The molecule has 0 saturated heterocycles. The Hall–Kier alpha value is -4.19. The van der Waals surface area contributed by atoms with Crippen LogP contribution in [0.15, 0.2) is 54.1 Å². The van der Waals surface area contributed by atoms with Crippen molar-refractivity contribution in [1.29, 1.82) is 5.26 Å². The third-order valence-electron chi connectivity index (χ3n) is 3.55. The number of nitro benzene ring substituents is 1. The number of carbonyl (C=O) groups excluding carboxylic acids is 2. The molecule has 148 valence electrons. The Balaban J connectivity index is 2.20. The summed E-state index contributed by atoms with van der Waals surface area (Å²) in [4.78, 5) is 34.1. The summed E-state index contributed by atoms with van der Waals surface area (Å²) < 4.78 is 10.2. The molecule has 0 heterocycles. The predicted octanol–water partition coefficient (Wildman–Crippen LogP) is 3.08. The zero-order valence-electron chi connectivity index (χ0n) is 15.5. The van der Waals surface area contributed by atoms with Gasteiger partial charge in [0, 0.05) is 23.4 Å². The summed E-state index contributed by atoms with van der Waals surface area (Å²) in [6.45, 7) is 1.58. The molecule has 0 spiro atoms. The summed E-state index contributed by atoms with van der Waals surface area (Å²) in [7, 11) is 0. The number of ether oxygens (including phenoxy) is 2. The SMILES string of the molecule is CCOC(=O)COc1ccccc1/C=C(\C#N)C(=O)Nc1cccc([N+](=O)[O-])c1. The molecule has 0 fully saturated rings. The summed E-state index contributed by atoms with van der Waals surface area (Å²) in [6, 6.07) is 13.7. The highest BCUT2D eigenvalue weighted by molar-refractivity contribution is 6.09. The summed E-state index contributed by atoms with van der Waals surface area (Å²) in [5.74, 6) is -1.00. The van der Waals surface area contributed by atoms with Crippen LogP contribution in [0.5, 0.6) is 5.75 Å². The van der Waals surface area contributed by atoms with E-state index < -0.39 is 16.8 Å². The standard InChI is InChI=1S/C20H17N3O6/c1-2-28-19(24)13-29-18-9-4-3-6-14(18)10-15(12-21)20(25)22-16-7-5-8-17(11-16)23(26)27/h3-11H,2,13H2,1H3,(H,22,25)/b15-10+. The predicted molar refractivity (Wildman–Crippen MR) is 104 cm³/mol. The highest BCUT2D eigenvalue weighted by Crippen LogP contribution is 2.22. The van der Waals surface area contributed by atoms with Crippen LogP contribution in [0, 0.1) is 21.4 Å². The van der Waals surface area contributed by atoms with E-state index in [0.29, 0.717) is 5.56 Å². The number of para-hydroxylation sites is 1. The third kappa shape index (κ3) is 6.18. The van der Waals surface area contributed by atoms with Gasteiger partial charge in [0.05, 0.1) is 11.5 Å². The lowest BCUT2D eigenvalue weighted by Gasteiger charge is -2.09. The molecule has 0 saturated carbocycles. The molecular formula is C20H17N3O6. The van der Waals surface area contributed by atoms with E-state index in [1.54, 1.807) is 37.3 Å². The first kappa shape index (κ1) is 21.1. The van der Waals surface area contributed by atoms with E-state index in [1.165, 1.54) is 30.3 Å². The van der Waals surface area contributed by atoms with Gasteiger partial charge in [-0.3, -0.25) is 14.9 Å². The van der Waals surface area contributed by atoms with E-state index in [0.717, 1.165) is 0 Å². The summed E-state index contributed by atoms with van der Waals surface area (Å²) >= 11 is 0. The fourth-order valence-corrected chi connectivity index (χ4v) is 2.27. The Morgan fingerprint density at radius 3 is 2.69 bits per heavy atom. The van der Waals surface area contributed by atoms with Crippen molar-refractivity contribution in [2.24, 2.45) is 0 Å². The maximum absolute atomic E-state index is 12.4. The number of rotatable bonds is 8. The number of amides is 1. The number of nitrogens with zero attached hydrogens (tertiary/aromatic N) is 2. The molecule has 29 heavy (non-hydrogen) atoms. The van der Waals surface area contributed by atoms with Crippen LogP contribution in [0.3, 0.4) is 0 Å². The minimum atomic E-state index is -0.742. The van der Waals surface area contributed by atoms with Gasteiger partial charge in [0.2, 0.25) is 0 Å². The Morgan fingerprint density at radius 2 is 2.00 bits per heavy atom. The number of esters is 1. The van der Waals surface area contributed by atoms with Gasteiger partial charge >= 0.3 is 5.97 Å². The van der Waals surface area contributed by atoms with E-state index in [4.69, 9.17) is 9.47 Å². The van der Waals surface area contributed by atoms with Crippen LogP contribution in [-0.4, -0.2) is 30.0 Å². The first-order valence-corrected chi connectivity index (χ1v) is 8.49. The van der Waals surface area contributed by atoms with Crippen molar-refractivity contribution in [2.75, 3.05) is 18.5 Å². The second kappa shape index (κ2) is 10.2. The second-order valence-corrected chi connectivity index (χ2v) is 5.56. The fraction of sp³-hybridized carbons (Fsp3) is 0.150. The third-order valence-corrected chi connectivity index (χ3v) is 3.55. The summed E-state index contributed by atoms with van der Waals surface area (Å²) in [5.41, 5.74) is 0.145. The van der Waals surface area contributed by atoms with Gasteiger partial charge < -0.3 is 14.8 Å². The highest BCUT2D eigenvalue weighted by atomic mass is 16.6. The maximum Gasteiger partial charge on any atom is 0.344 e. The number of nitrogens with one attached hydrogen (secondary N) is 1. The van der Waals surface area contributed by atoms with Crippen LogP contribution < -0.4 is 10.1 Å². The van der Waals surface area contributed by atoms with Crippen molar-refractivity contribution >= 4 is 29.3 Å². The van der Waals surface area contributed by atoms with E-state index in [9.17, 15) is 25.0 Å². The normalized spacial score (nSPS) is 10.6. The molecule has 9 heteroatoms. The Kier molecular flexibility index (Phi) is 7.44. The minimum absolute atomic E-state index is 0.178. The average Bonchev–Trinajstić information content (AvgIpc) is 2.71. The molecule has 0 bridgehead atoms. The number of carbonyl (C=O) groups is 2. The number of hydrogen-bond donors (Lipinski definition) is 1. The molecule has 1 amide bonds. The first-order valence-electron chi connectivity index (χ1n) is 8.49. The first-order chi connectivity index (χ1) is 13.9. The lowest BCUT2D eigenvalue weighted by molar-refractivity contribution is -0.384. The lowest BCUT2D eigenvalue weighted by atomic mass is 10.1. The topological polar surface area (TPSA) is 132 Å². The van der Waals surface area contributed by atoms with Crippen LogP contribution in [0.25, 0.3) is 6.08 Å². The van der Waals surface area contributed by atoms with Gasteiger partial charge in [0.25, 0.3) is 11.6 Å². The fourth-order valence-electron chi connectivity index (χ4n) is 2.27. The number of hydrogen-bond acceptors (Lipinski definition) is 7. The summed E-state index contributed by atoms with van der Waals surface area (Å²) in [6.07, 6.45) is 1.30. The van der Waals surface area contributed by atoms with E-state index in [1.807, 2.05) is 0 Å². The van der Waals surface area contributed by atoms with Gasteiger partial charge in [-0.1, -0.05) is 24.3 Å². The number of anilines is 1. The van der Waals surface area contributed by atoms with Gasteiger partial charge in [0.1, 0.15) is 17.4 Å². The van der Waals surface area contributed by atoms with E-state index >= 15 is 0 Å². The van der Waals surface area contributed by atoms with Crippen molar-refractivity contribution in [3.05, 3.63) is 69.8 Å². The Labute approximate surface area is 166 Å². The van der Waals surface area contributed by atoms with Crippen LogP contribution in [0.2, 0.25) is 0 Å². The van der Waals surface area contributed by atoms with Crippen LogP contribution >= 0.6 is 0 Å². The highest BCUT2D eigenvalue weighted by Gasteiger charge is 2.14. The quantitative estimate of drug-likeness (QED) is 0.239. The Morgan fingerprint density at radius 1 is 1.24 bits per heavy atom. The number of benzene rings is 2. The largest absolute Gasteiger partial charge is 0.481 e. The van der Waals surface area contributed by atoms with Crippen molar-refractivity contribution < 1.29 is 24.0 Å². The van der Waals surface area contributed by atoms with Gasteiger partial charge in [-0.2, -0.15) is 5.26 Å². The van der Waals surface area contributed by atoms with Crippen molar-refractivity contribution in [1.82, 2.24) is 0 Å². The smallest absolute Gasteiger partial charge is 0.344 e. The number of nitro groups is 1. The van der Waals surface area contributed by atoms with Crippen LogP contribution in [0.4, 0.5) is 11.4 Å². The maximum atomic E-state index is 12.4. The molecule has 9 nitrogen and oxygen atoms in total. The molecule has 0 atom stereocenters. The molecule has 0 unspecified atom stereocenters. The molecule has 2 rings (SSSR count). The van der Waals surface area contributed by atoms with Crippen molar-refractivity contribution in [2.45, 2.75) is 6.92 Å². The Bertz CT molecular complexity index is 994. The second-order valence-electron chi connectivity index (χ2n) is 5.56. The molecule has 0 aliphatic rings. The van der Waals surface area contributed by atoms with E-state index in [-0.39, 0.29) is 35.9 Å². The van der Waals surface area contributed by atoms with Crippen molar-refractivity contribution in [3.8, 4) is 11.8 Å². The van der Waals surface area contributed by atoms with Crippen LogP contribution in [0.1, 0.15) is 12.5 Å². The lowest BCUT2D eigenvalue weighted by Crippen LogP contribution is -2.15. The molecule has 0 aliphatic carbocycles.